The zero-order chi connectivity index (χ0) is 14.0. The largest absolute Gasteiger partial charge is 0.355 e. The summed E-state index contributed by atoms with van der Waals surface area (Å²) in [5, 5.41) is 3.41. The molecule has 0 bridgehead atoms. The van der Waals surface area contributed by atoms with Crippen LogP contribution in [0, 0.1) is 12.8 Å². The molecule has 0 aliphatic heterocycles. The van der Waals surface area contributed by atoms with Gasteiger partial charge in [-0.05, 0) is 31.9 Å². The number of halogens is 1. The van der Waals surface area contributed by atoms with Gasteiger partial charge in [0.25, 0.3) is 0 Å². The van der Waals surface area contributed by atoms with Crippen LogP contribution in [0.5, 0.6) is 0 Å². The highest BCUT2D eigenvalue weighted by Crippen LogP contribution is 2.31. The highest BCUT2D eigenvalue weighted by Gasteiger charge is 2.15. The van der Waals surface area contributed by atoms with E-state index in [1.807, 2.05) is 13.0 Å². The summed E-state index contributed by atoms with van der Waals surface area (Å²) in [4.78, 5) is 5.80. The zero-order valence-electron chi connectivity index (χ0n) is 11.8. The molecule has 19 heavy (non-hydrogen) atoms. The van der Waals surface area contributed by atoms with Crippen LogP contribution in [0.25, 0.3) is 0 Å². The average Bonchev–Trinajstić information content (AvgIpc) is 2.92. The van der Waals surface area contributed by atoms with Crippen LogP contribution in [0.3, 0.4) is 0 Å². The summed E-state index contributed by atoms with van der Waals surface area (Å²) in [6, 6.07) is 4.27. The lowest BCUT2D eigenvalue weighted by Crippen LogP contribution is -2.14. The van der Waals surface area contributed by atoms with Gasteiger partial charge in [0.1, 0.15) is 0 Å². The van der Waals surface area contributed by atoms with E-state index in [0.29, 0.717) is 5.92 Å². The average molecular weight is 298 g/mol. The fourth-order valence-corrected chi connectivity index (χ4v) is 3.04. The minimum atomic E-state index is 0.244. The van der Waals surface area contributed by atoms with Gasteiger partial charge in [-0.1, -0.05) is 25.4 Å². The Bertz CT molecular complexity index is 545. The molecule has 5 heteroatoms. The van der Waals surface area contributed by atoms with E-state index in [1.165, 1.54) is 4.88 Å². The van der Waals surface area contributed by atoms with E-state index >= 15 is 0 Å². The Morgan fingerprint density at radius 3 is 2.68 bits per heavy atom. The smallest absolute Gasteiger partial charge is 0.203 e. The van der Waals surface area contributed by atoms with E-state index in [-0.39, 0.29) is 6.04 Å². The van der Waals surface area contributed by atoms with Gasteiger partial charge >= 0.3 is 0 Å². The first-order valence-corrected chi connectivity index (χ1v) is 7.71. The lowest BCUT2D eigenvalue weighted by molar-refractivity contribution is 0.636. The van der Waals surface area contributed by atoms with Gasteiger partial charge < -0.3 is 9.88 Å². The Hall–Kier alpha value is -1.00. The molecule has 104 valence electrons. The van der Waals surface area contributed by atoms with Crippen LogP contribution in [0.1, 0.15) is 37.4 Å². The van der Waals surface area contributed by atoms with Gasteiger partial charge in [0.2, 0.25) is 5.95 Å². The predicted octanol–water partition coefficient (Wildman–Crippen LogP) is 4.58. The van der Waals surface area contributed by atoms with E-state index in [2.05, 4.69) is 47.9 Å². The monoisotopic (exact) mass is 297 g/mol. The minimum Gasteiger partial charge on any atom is -0.355 e. The lowest BCUT2D eigenvalue weighted by Gasteiger charge is -2.16. The highest BCUT2D eigenvalue weighted by molar-refractivity contribution is 7.16. The van der Waals surface area contributed by atoms with Crippen molar-refractivity contribution in [3.63, 3.8) is 0 Å². The third-order valence-corrected chi connectivity index (χ3v) is 4.35. The number of aromatic nitrogens is 2. The molecule has 2 heterocycles. The van der Waals surface area contributed by atoms with Crippen molar-refractivity contribution in [1.29, 1.82) is 0 Å². The van der Waals surface area contributed by atoms with Crippen molar-refractivity contribution in [3.8, 4) is 0 Å². The second-order valence-electron chi connectivity index (χ2n) is 5.21. The van der Waals surface area contributed by atoms with Crippen molar-refractivity contribution >= 4 is 28.9 Å². The molecule has 2 rings (SSSR count). The molecule has 2 aromatic rings. The lowest BCUT2D eigenvalue weighted by atomic mass is 10.2. The fraction of sp³-hybridized carbons (Fsp3) is 0.500. The highest BCUT2D eigenvalue weighted by atomic mass is 35.5. The molecule has 1 N–H and O–H groups in total. The molecule has 0 fully saturated rings. The molecule has 1 atom stereocenters. The van der Waals surface area contributed by atoms with Gasteiger partial charge in [0.15, 0.2) is 0 Å². The Morgan fingerprint density at radius 2 is 2.11 bits per heavy atom. The van der Waals surface area contributed by atoms with Crippen molar-refractivity contribution in [2.75, 3.05) is 11.9 Å². The molecule has 2 aromatic heterocycles. The van der Waals surface area contributed by atoms with Crippen LogP contribution in [-0.4, -0.2) is 16.1 Å². The van der Waals surface area contributed by atoms with E-state index < -0.39 is 0 Å². The molecule has 0 radical (unpaired) electrons. The molecular weight excluding hydrogens is 278 g/mol. The number of hydrogen-bond acceptors (Lipinski definition) is 3. The molecule has 1 unspecified atom stereocenters. The van der Waals surface area contributed by atoms with Gasteiger partial charge in [0.05, 0.1) is 16.1 Å². The van der Waals surface area contributed by atoms with Crippen LogP contribution in [0.15, 0.2) is 18.3 Å². The van der Waals surface area contributed by atoms with Crippen LogP contribution < -0.4 is 5.32 Å². The number of aryl methyl sites for hydroxylation is 1. The van der Waals surface area contributed by atoms with Crippen LogP contribution >= 0.6 is 22.9 Å². The van der Waals surface area contributed by atoms with E-state index in [1.54, 1.807) is 11.3 Å². The van der Waals surface area contributed by atoms with Crippen LogP contribution in [0.4, 0.5) is 5.95 Å². The van der Waals surface area contributed by atoms with E-state index in [0.717, 1.165) is 22.5 Å². The van der Waals surface area contributed by atoms with Gasteiger partial charge in [-0.15, -0.1) is 11.3 Å². The maximum atomic E-state index is 6.02. The van der Waals surface area contributed by atoms with Crippen molar-refractivity contribution in [2.45, 2.75) is 33.7 Å². The van der Waals surface area contributed by atoms with Crippen molar-refractivity contribution < 1.29 is 0 Å². The summed E-state index contributed by atoms with van der Waals surface area (Å²) in [6.45, 7) is 9.49. The predicted molar refractivity (Wildman–Crippen MR) is 83.4 cm³/mol. The number of hydrogen-bond donors (Lipinski definition) is 1. The second kappa shape index (κ2) is 5.97. The third kappa shape index (κ3) is 3.51. The van der Waals surface area contributed by atoms with E-state index in [9.17, 15) is 0 Å². The van der Waals surface area contributed by atoms with Gasteiger partial charge in [0, 0.05) is 17.6 Å². The number of thiophene rings is 1. The quantitative estimate of drug-likeness (QED) is 0.875. The zero-order valence-corrected chi connectivity index (χ0v) is 13.3. The maximum absolute atomic E-state index is 6.02. The minimum absolute atomic E-state index is 0.244. The maximum Gasteiger partial charge on any atom is 0.203 e. The van der Waals surface area contributed by atoms with Gasteiger partial charge in [-0.2, -0.15) is 0 Å². The molecule has 0 saturated carbocycles. The normalized spacial score (nSPS) is 12.9. The first kappa shape index (κ1) is 14.4. The summed E-state index contributed by atoms with van der Waals surface area (Å²) in [6.07, 6.45) is 2.08. The molecule has 0 spiro atoms. The van der Waals surface area contributed by atoms with Crippen molar-refractivity contribution in [2.24, 2.45) is 5.92 Å². The van der Waals surface area contributed by atoms with E-state index in [4.69, 9.17) is 11.6 Å². The number of imidazole rings is 1. The number of nitrogens with one attached hydrogen (secondary N) is 1. The summed E-state index contributed by atoms with van der Waals surface area (Å²) >= 11 is 7.64. The first-order chi connectivity index (χ1) is 8.97. The third-order valence-electron chi connectivity index (χ3n) is 2.94. The van der Waals surface area contributed by atoms with Crippen molar-refractivity contribution in [1.82, 2.24) is 9.55 Å². The number of anilines is 1. The summed E-state index contributed by atoms with van der Waals surface area (Å²) < 4.78 is 3.01. The Kier molecular flexibility index (Phi) is 4.53. The Balaban J connectivity index is 2.23. The van der Waals surface area contributed by atoms with Gasteiger partial charge in [-0.3, -0.25) is 0 Å². The molecule has 0 saturated heterocycles. The molecular formula is C14H20ClN3S. The standard InChI is InChI=1S/C14H20ClN3S/c1-9(2)7-16-14-17-10(3)8-18(14)11(4)12-5-6-13(15)19-12/h5-6,8-9,11H,7H2,1-4H3,(H,16,17). The molecule has 0 amide bonds. The number of rotatable bonds is 5. The van der Waals surface area contributed by atoms with Gasteiger partial charge in [-0.25, -0.2) is 4.98 Å². The Morgan fingerprint density at radius 1 is 1.37 bits per heavy atom. The fourth-order valence-electron chi connectivity index (χ4n) is 1.93. The topological polar surface area (TPSA) is 29.9 Å². The molecule has 0 aliphatic carbocycles. The summed E-state index contributed by atoms with van der Waals surface area (Å²) in [5.41, 5.74) is 1.03. The number of nitrogens with zero attached hydrogens (tertiary/aromatic N) is 2. The molecule has 0 aliphatic rings. The second-order valence-corrected chi connectivity index (χ2v) is 6.95. The van der Waals surface area contributed by atoms with Crippen molar-refractivity contribution in [3.05, 3.63) is 33.2 Å². The van der Waals surface area contributed by atoms with Crippen LogP contribution in [0.2, 0.25) is 4.34 Å². The molecule has 3 nitrogen and oxygen atoms in total. The summed E-state index contributed by atoms with van der Waals surface area (Å²) in [7, 11) is 0. The SMILES string of the molecule is Cc1cn(C(C)c2ccc(Cl)s2)c(NCC(C)C)n1. The summed E-state index contributed by atoms with van der Waals surface area (Å²) in [5.74, 6) is 1.53. The Labute approximate surface area is 123 Å². The first-order valence-electron chi connectivity index (χ1n) is 6.52. The van der Waals surface area contributed by atoms with Crippen LogP contribution in [-0.2, 0) is 0 Å². The molecule has 0 aromatic carbocycles.